The molecule has 156 valence electrons. The average Bonchev–Trinajstić information content (AvgIpc) is 3.03. The van der Waals surface area contributed by atoms with E-state index in [1.54, 1.807) is 29.6 Å². The van der Waals surface area contributed by atoms with E-state index in [4.69, 9.17) is 0 Å². The summed E-state index contributed by atoms with van der Waals surface area (Å²) in [6.45, 7) is 21.0. The van der Waals surface area contributed by atoms with Crippen molar-refractivity contribution in [1.82, 2.24) is 0 Å². The average molecular weight is 418 g/mol. The van der Waals surface area contributed by atoms with Crippen molar-refractivity contribution in [3.8, 4) is 0 Å². The summed E-state index contributed by atoms with van der Waals surface area (Å²) in [4.78, 5) is 10.9. The molecule has 0 radical (unpaired) electrons. The van der Waals surface area contributed by atoms with E-state index >= 15 is 0 Å². The third-order valence-electron chi connectivity index (χ3n) is 3.98. The van der Waals surface area contributed by atoms with Crippen LogP contribution in [0.3, 0.4) is 0 Å². The Hall–Kier alpha value is -3.24. The molecule has 30 heavy (non-hydrogen) atoms. The van der Waals surface area contributed by atoms with Gasteiger partial charge in [0, 0.05) is 27.9 Å². The summed E-state index contributed by atoms with van der Waals surface area (Å²) in [5.41, 5.74) is 5.33. The lowest BCUT2D eigenvalue weighted by molar-refractivity contribution is 1.14. The minimum absolute atomic E-state index is 0.476. The molecule has 1 heterocycles. The molecule has 4 heteroatoms. The van der Waals surface area contributed by atoms with Crippen LogP contribution in [0.1, 0.15) is 33.4 Å². The maximum atomic E-state index is 4.53. The zero-order valence-corrected chi connectivity index (χ0v) is 19.0. The normalized spacial score (nSPS) is 10.8. The third kappa shape index (κ3) is 7.30. The molecule has 0 bridgehead atoms. The number of hydrogen-bond donors (Lipinski definition) is 1. The van der Waals surface area contributed by atoms with E-state index in [-0.39, 0.29) is 0 Å². The SMILES string of the molecule is C=C/C=C\c1c(C)cccc1NC/N=C\c1sc(C)c(/C=C\C=C)c1N=C.C=CC. The van der Waals surface area contributed by atoms with Crippen LogP contribution in [0.25, 0.3) is 12.2 Å². The first-order valence-electron chi connectivity index (χ1n) is 9.62. The van der Waals surface area contributed by atoms with E-state index in [1.807, 2.05) is 37.4 Å². The van der Waals surface area contributed by atoms with Gasteiger partial charge < -0.3 is 5.32 Å². The Morgan fingerprint density at radius 1 is 1.03 bits per heavy atom. The predicted molar refractivity (Wildman–Crippen MR) is 140 cm³/mol. The van der Waals surface area contributed by atoms with Crippen LogP contribution in [0.2, 0.25) is 0 Å². The summed E-state index contributed by atoms with van der Waals surface area (Å²) in [6, 6.07) is 6.18. The molecular weight excluding hydrogens is 386 g/mol. The molecule has 0 saturated heterocycles. The van der Waals surface area contributed by atoms with Crippen LogP contribution in [0.15, 0.2) is 78.3 Å². The van der Waals surface area contributed by atoms with E-state index in [1.165, 1.54) is 10.4 Å². The van der Waals surface area contributed by atoms with E-state index in [2.05, 4.69) is 73.8 Å². The Bertz CT molecular complexity index is 959. The molecule has 0 aliphatic heterocycles. The van der Waals surface area contributed by atoms with Crippen molar-refractivity contribution in [3.63, 3.8) is 0 Å². The lowest BCUT2D eigenvalue weighted by atomic mass is 10.1. The van der Waals surface area contributed by atoms with Gasteiger partial charge >= 0.3 is 0 Å². The summed E-state index contributed by atoms with van der Waals surface area (Å²) in [5, 5.41) is 3.37. The number of hydrogen-bond acceptors (Lipinski definition) is 4. The number of thiophene rings is 1. The number of allylic oxidation sites excluding steroid dienone is 5. The van der Waals surface area contributed by atoms with Gasteiger partial charge in [-0.3, -0.25) is 9.98 Å². The van der Waals surface area contributed by atoms with Crippen molar-refractivity contribution in [2.24, 2.45) is 9.98 Å². The summed E-state index contributed by atoms with van der Waals surface area (Å²) in [6.07, 6.45) is 15.0. The van der Waals surface area contributed by atoms with Crippen molar-refractivity contribution in [3.05, 3.63) is 94.8 Å². The predicted octanol–water partition coefficient (Wildman–Crippen LogP) is 7.78. The Balaban J connectivity index is 0.00000141. The first kappa shape index (κ1) is 24.8. The van der Waals surface area contributed by atoms with Gasteiger partial charge in [-0.15, -0.1) is 17.9 Å². The van der Waals surface area contributed by atoms with Crippen LogP contribution in [-0.4, -0.2) is 19.6 Å². The quantitative estimate of drug-likeness (QED) is 0.252. The van der Waals surface area contributed by atoms with Crippen molar-refractivity contribution in [1.29, 1.82) is 0 Å². The minimum atomic E-state index is 0.476. The van der Waals surface area contributed by atoms with Gasteiger partial charge in [0.15, 0.2) is 0 Å². The van der Waals surface area contributed by atoms with Gasteiger partial charge in [0.25, 0.3) is 0 Å². The fourth-order valence-electron chi connectivity index (χ4n) is 2.66. The molecule has 0 aliphatic rings. The third-order valence-corrected chi connectivity index (χ3v) is 5.03. The van der Waals surface area contributed by atoms with Crippen molar-refractivity contribution < 1.29 is 0 Å². The van der Waals surface area contributed by atoms with Crippen LogP contribution >= 0.6 is 11.3 Å². The summed E-state index contributed by atoms with van der Waals surface area (Å²) >= 11 is 1.66. The van der Waals surface area contributed by atoms with Gasteiger partial charge in [-0.2, -0.15) is 0 Å². The van der Waals surface area contributed by atoms with Gasteiger partial charge in [-0.1, -0.05) is 67.8 Å². The molecule has 0 atom stereocenters. The molecule has 0 unspecified atom stereocenters. The maximum Gasteiger partial charge on any atom is 0.107 e. The minimum Gasteiger partial charge on any atom is -0.366 e. The molecule has 2 rings (SSSR count). The topological polar surface area (TPSA) is 36.8 Å². The summed E-state index contributed by atoms with van der Waals surface area (Å²) in [5.74, 6) is 0. The number of nitrogens with one attached hydrogen (secondary N) is 1. The van der Waals surface area contributed by atoms with Crippen molar-refractivity contribution >= 4 is 47.8 Å². The molecule has 2 aromatic rings. The zero-order chi connectivity index (χ0) is 22.4. The highest BCUT2D eigenvalue weighted by Crippen LogP contribution is 2.35. The summed E-state index contributed by atoms with van der Waals surface area (Å²) in [7, 11) is 0. The second-order valence-electron chi connectivity index (χ2n) is 6.22. The number of aryl methyl sites for hydroxylation is 2. The first-order valence-corrected chi connectivity index (χ1v) is 10.4. The second-order valence-corrected chi connectivity index (χ2v) is 7.48. The van der Waals surface area contributed by atoms with Gasteiger partial charge in [-0.05, 0) is 39.1 Å². The standard InChI is InChI=1S/C23H25N3S.C3H6/c1-6-8-12-19-17(3)11-10-14-21(19)26-16-25-15-22-23(24-5)20(13-9-7-2)18(4)27-22;1-3-2/h6-15,26H,1-2,5,16H2,3-4H3;3H,1H2,2H3/b12-8-,13-9-,25-15-;. The molecule has 0 aliphatic carbocycles. The fourth-order valence-corrected chi connectivity index (χ4v) is 3.66. The van der Waals surface area contributed by atoms with Crippen molar-refractivity contribution in [2.45, 2.75) is 20.8 Å². The number of nitrogens with zero attached hydrogens (tertiary/aromatic N) is 2. The number of anilines is 1. The molecule has 0 spiro atoms. The van der Waals surface area contributed by atoms with Crippen molar-refractivity contribution in [2.75, 3.05) is 12.0 Å². The molecule has 0 fully saturated rings. The Kier molecular flexibility index (Phi) is 11.5. The molecular formula is C26H31N3S. The van der Waals surface area contributed by atoms with E-state index < -0.39 is 0 Å². The van der Waals surface area contributed by atoms with Gasteiger partial charge in [0.2, 0.25) is 0 Å². The smallest absolute Gasteiger partial charge is 0.107 e. The molecule has 0 amide bonds. The highest BCUT2D eigenvalue weighted by molar-refractivity contribution is 7.14. The Morgan fingerprint density at radius 2 is 1.67 bits per heavy atom. The van der Waals surface area contributed by atoms with E-state index in [0.717, 1.165) is 27.4 Å². The number of rotatable bonds is 9. The van der Waals surface area contributed by atoms with Gasteiger partial charge in [0.1, 0.15) is 6.67 Å². The number of aliphatic imine (C=N–C) groups is 2. The van der Waals surface area contributed by atoms with Gasteiger partial charge in [-0.25, -0.2) is 0 Å². The molecule has 3 nitrogen and oxygen atoms in total. The van der Waals surface area contributed by atoms with Crippen LogP contribution in [0.5, 0.6) is 0 Å². The maximum absolute atomic E-state index is 4.53. The monoisotopic (exact) mass is 417 g/mol. The fraction of sp³-hybridized carbons (Fsp3) is 0.154. The lowest BCUT2D eigenvalue weighted by Crippen LogP contribution is -2.01. The van der Waals surface area contributed by atoms with Crippen LogP contribution in [0, 0.1) is 13.8 Å². The lowest BCUT2D eigenvalue weighted by Gasteiger charge is -2.10. The molecule has 1 aromatic carbocycles. The molecule has 1 aromatic heterocycles. The Morgan fingerprint density at radius 3 is 2.27 bits per heavy atom. The summed E-state index contributed by atoms with van der Waals surface area (Å²) < 4.78 is 0. The molecule has 1 N–H and O–H groups in total. The van der Waals surface area contributed by atoms with Crippen LogP contribution in [0.4, 0.5) is 11.4 Å². The highest BCUT2D eigenvalue weighted by atomic mass is 32.1. The zero-order valence-electron chi connectivity index (χ0n) is 18.2. The van der Waals surface area contributed by atoms with Crippen LogP contribution in [-0.2, 0) is 0 Å². The van der Waals surface area contributed by atoms with Gasteiger partial charge in [0.05, 0.1) is 10.6 Å². The Labute approximate surface area is 185 Å². The van der Waals surface area contributed by atoms with E-state index in [9.17, 15) is 0 Å². The van der Waals surface area contributed by atoms with E-state index in [0.29, 0.717) is 6.67 Å². The second kappa shape index (κ2) is 13.9. The number of benzene rings is 1. The van der Waals surface area contributed by atoms with Crippen LogP contribution < -0.4 is 5.32 Å². The first-order chi connectivity index (χ1) is 14.5. The highest BCUT2D eigenvalue weighted by Gasteiger charge is 2.11. The molecule has 0 saturated carbocycles. The largest absolute Gasteiger partial charge is 0.366 e.